The normalized spacial score (nSPS) is 19.9. The number of fused-ring (bicyclic) bond motifs is 1. The molecule has 0 saturated carbocycles. The van der Waals surface area contributed by atoms with Crippen molar-refractivity contribution in [1.29, 1.82) is 0 Å². The van der Waals surface area contributed by atoms with Gasteiger partial charge in [0, 0.05) is 42.5 Å². The van der Waals surface area contributed by atoms with Crippen molar-refractivity contribution in [3.8, 4) is 0 Å². The Morgan fingerprint density at radius 3 is 3.06 bits per heavy atom. The number of likely N-dealkylation sites (tertiary alicyclic amines) is 1. The average Bonchev–Trinajstić information content (AvgIpc) is 2.97. The zero-order valence-corrected chi connectivity index (χ0v) is 10.8. The van der Waals surface area contributed by atoms with Gasteiger partial charge < -0.3 is 9.88 Å². The molecule has 2 heterocycles. The minimum atomic E-state index is 0.216. The zero-order chi connectivity index (χ0) is 12.5. The summed E-state index contributed by atoms with van der Waals surface area (Å²) in [4.78, 5) is 17.0. The number of halogens is 1. The number of aromatic nitrogens is 1. The van der Waals surface area contributed by atoms with E-state index in [0.29, 0.717) is 24.8 Å². The second kappa shape index (κ2) is 4.65. The van der Waals surface area contributed by atoms with Crippen LogP contribution in [0.15, 0.2) is 30.5 Å². The Labute approximate surface area is 111 Å². The smallest absolute Gasteiger partial charge is 0.223 e. The fourth-order valence-electron chi connectivity index (χ4n) is 2.60. The molecule has 1 aromatic heterocycles. The van der Waals surface area contributed by atoms with Gasteiger partial charge in [-0.15, -0.1) is 11.6 Å². The maximum atomic E-state index is 11.9. The average molecular weight is 263 g/mol. The van der Waals surface area contributed by atoms with Crippen LogP contribution in [0.1, 0.15) is 12.0 Å². The van der Waals surface area contributed by atoms with E-state index in [9.17, 15) is 4.79 Å². The van der Waals surface area contributed by atoms with Crippen LogP contribution in [-0.2, 0) is 11.3 Å². The summed E-state index contributed by atoms with van der Waals surface area (Å²) in [7, 11) is 0. The molecule has 1 amide bonds. The van der Waals surface area contributed by atoms with E-state index in [4.69, 9.17) is 11.6 Å². The molecular formula is C14H15ClN2O. The molecule has 3 nitrogen and oxygen atoms in total. The Bertz CT molecular complexity index is 578. The lowest BCUT2D eigenvalue weighted by atomic mass is 10.1. The first-order valence-electron chi connectivity index (χ1n) is 6.16. The number of carbonyl (C=O) groups is 1. The minimum absolute atomic E-state index is 0.216. The number of H-pyrrole nitrogens is 1. The highest BCUT2D eigenvalue weighted by molar-refractivity contribution is 6.18. The van der Waals surface area contributed by atoms with Crippen molar-refractivity contribution >= 4 is 28.4 Å². The number of hydrogen-bond acceptors (Lipinski definition) is 1. The molecule has 1 unspecified atom stereocenters. The van der Waals surface area contributed by atoms with E-state index >= 15 is 0 Å². The van der Waals surface area contributed by atoms with Gasteiger partial charge in [0.1, 0.15) is 0 Å². The number of nitrogens with one attached hydrogen (secondary N) is 1. The third-order valence-corrected chi connectivity index (χ3v) is 4.00. The van der Waals surface area contributed by atoms with Gasteiger partial charge in [0.25, 0.3) is 0 Å². The lowest BCUT2D eigenvalue weighted by molar-refractivity contribution is -0.128. The van der Waals surface area contributed by atoms with Crippen LogP contribution in [0.4, 0.5) is 0 Å². The summed E-state index contributed by atoms with van der Waals surface area (Å²) < 4.78 is 0. The Balaban J connectivity index is 1.84. The van der Waals surface area contributed by atoms with Crippen molar-refractivity contribution in [3.05, 3.63) is 36.0 Å². The SMILES string of the molecule is O=C1CC(CCl)CN1Cc1cccc2[nH]ccc12. The predicted molar refractivity (Wildman–Crippen MR) is 72.5 cm³/mol. The van der Waals surface area contributed by atoms with Crippen molar-refractivity contribution in [2.24, 2.45) is 5.92 Å². The Hall–Kier alpha value is -1.48. The molecule has 94 valence electrons. The number of amides is 1. The van der Waals surface area contributed by atoms with Gasteiger partial charge in [0.05, 0.1) is 0 Å². The van der Waals surface area contributed by atoms with Crippen LogP contribution >= 0.6 is 11.6 Å². The second-order valence-electron chi connectivity index (χ2n) is 4.85. The third kappa shape index (κ3) is 1.99. The quantitative estimate of drug-likeness (QED) is 0.849. The van der Waals surface area contributed by atoms with E-state index in [1.54, 1.807) is 0 Å². The lowest BCUT2D eigenvalue weighted by Gasteiger charge is -2.17. The zero-order valence-electron chi connectivity index (χ0n) is 10.0. The monoisotopic (exact) mass is 262 g/mol. The Morgan fingerprint density at radius 1 is 1.39 bits per heavy atom. The maximum Gasteiger partial charge on any atom is 0.223 e. The van der Waals surface area contributed by atoms with Gasteiger partial charge in [-0.05, 0) is 23.6 Å². The summed E-state index contributed by atoms with van der Waals surface area (Å²) in [6.45, 7) is 1.46. The lowest BCUT2D eigenvalue weighted by Crippen LogP contribution is -2.24. The summed E-state index contributed by atoms with van der Waals surface area (Å²) in [6.07, 6.45) is 2.52. The van der Waals surface area contributed by atoms with Crippen LogP contribution in [0, 0.1) is 5.92 Å². The molecule has 0 spiro atoms. The van der Waals surface area contributed by atoms with Gasteiger partial charge in [0.2, 0.25) is 5.91 Å². The van der Waals surface area contributed by atoms with Crippen molar-refractivity contribution < 1.29 is 4.79 Å². The molecule has 0 radical (unpaired) electrons. The number of aromatic amines is 1. The Morgan fingerprint density at radius 2 is 2.28 bits per heavy atom. The molecule has 3 rings (SSSR count). The van der Waals surface area contributed by atoms with Crippen LogP contribution in [0.5, 0.6) is 0 Å². The first-order chi connectivity index (χ1) is 8.78. The molecule has 1 atom stereocenters. The molecule has 1 N–H and O–H groups in total. The topological polar surface area (TPSA) is 36.1 Å². The van der Waals surface area contributed by atoms with Crippen molar-refractivity contribution in [2.75, 3.05) is 12.4 Å². The van der Waals surface area contributed by atoms with Crippen molar-refractivity contribution in [3.63, 3.8) is 0 Å². The molecule has 18 heavy (non-hydrogen) atoms. The molecule has 0 aliphatic carbocycles. The molecule has 2 aromatic rings. The maximum absolute atomic E-state index is 11.9. The van der Waals surface area contributed by atoms with Crippen LogP contribution in [-0.4, -0.2) is 28.2 Å². The summed E-state index contributed by atoms with van der Waals surface area (Å²) in [5.41, 5.74) is 2.31. The van der Waals surface area contributed by atoms with E-state index in [1.807, 2.05) is 23.2 Å². The van der Waals surface area contributed by atoms with Gasteiger partial charge in [0.15, 0.2) is 0 Å². The number of rotatable bonds is 3. The summed E-state index contributed by atoms with van der Waals surface area (Å²) in [5.74, 6) is 1.09. The van der Waals surface area contributed by atoms with Gasteiger partial charge >= 0.3 is 0 Å². The largest absolute Gasteiger partial charge is 0.361 e. The van der Waals surface area contributed by atoms with Crippen molar-refractivity contribution in [2.45, 2.75) is 13.0 Å². The fourth-order valence-corrected chi connectivity index (χ4v) is 2.81. The van der Waals surface area contributed by atoms with Crippen LogP contribution < -0.4 is 0 Å². The first kappa shape index (κ1) is 11.6. The first-order valence-corrected chi connectivity index (χ1v) is 6.70. The fraction of sp³-hybridized carbons (Fsp3) is 0.357. The molecule has 1 aliphatic heterocycles. The van der Waals surface area contributed by atoms with E-state index in [2.05, 4.69) is 17.1 Å². The predicted octanol–water partition coefficient (Wildman–Crippen LogP) is 2.76. The van der Waals surface area contributed by atoms with Crippen LogP contribution in [0.25, 0.3) is 10.9 Å². The van der Waals surface area contributed by atoms with Crippen LogP contribution in [0.2, 0.25) is 0 Å². The highest BCUT2D eigenvalue weighted by atomic mass is 35.5. The number of benzene rings is 1. The molecule has 1 fully saturated rings. The Kier molecular flexibility index (Phi) is 3.00. The molecular weight excluding hydrogens is 248 g/mol. The van der Waals surface area contributed by atoms with Gasteiger partial charge in [-0.3, -0.25) is 4.79 Å². The van der Waals surface area contributed by atoms with E-state index in [-0.39, 0.29) is 5.91 Å². The summed E-state index contributed by atoms with van der Waals surface area (Å²) in [6, 6.07) is 8.21. The van der Waals surface area contributed by atoms with Gasteiger partial charge in [-0.25, -0.2) is 0 Å². The van der Waals surface area contributed by atoms with Gasteiger partial charge in [-0.2, -0.15) is 0 Å². The highest BCUT2D eigenvalue weighted by Crippen LogP contribution is 2.24. The third-order valence-electron chi connectivity index (χ3n) is 3.56. The van der Waals surface area contributed by atoms with E-state index < -0.39 is 0 Å². The highest BCUT2D eigenvalue weighted by Gasteiger charge is 2.28. The number of nitrogens with zero attached hydrogens (tertiary/aromatic N) is 1. The standard InChI is InChI=1S/C14H15ClN2O/c15-7-10-6-14(18)17(8-10)9-11-2-1-3-13-12(11)4-5-16-13/h1-5,10,16H,6-9H2. The minimum Gasteiger partial charge on any atom is -0.361 e. The molecule has 4 heteroatoms. The molecule has 1 aromatic carbocycles. The molecule has 1 saturated heterocycles. The second-order valence-corrected chi connectivity index (χ2v) is 5.16. The molecule has 0 bridgehead atoms. The summed E-state index contributed by atoms with van der Waals surface area (Å²) >= 11 is 5.84. The number of hydrogen-bond donors (Lipinski definition) is 1. The van der Waals surface area contributed by atoms with Crippen molar-refractivity contribution in [1.82, 2.24) is 9.88 Å². The number of alkyl halides is 1. The van der Waals surface area contributed by atoms with E-state index in [1.165, 1.54) is 10.9 Å². The van der Waals surface area contributed by atoms with Crippen LogP contribution in [0.3, 0.4) is 0 Å². The molecule has 1 aliphatic rings. The summed E-state index contributed by atoms with van der Waals surface area (Å²) in [5, 5.41) is 1.19. The number of carbonyl (C=O) groups excluding carboxylic acids is 1. The van der Waals surface area contributed by atoms with Gasteiger partial charge in [-0.1, -0.05) is 12.1 Å². The van der Waals surface area contributed by atoms with E-state index in [0.717, 1.165) is 12.1 Å².